The summed E-state index contributed by atoms with van der Waals surface area (Å²) >= 11 is 0. The first kappa shape index (κ1) is 23.2. The van der Waals surface area contributed by atoms with Crippen LogP contribution >= 0.6 is 0 Å². The number of benzene rings is 1. The lowest BCUT2D eigenvalue weighted by Gasteiger charge is -2.19. The fourth-order valence-corrected chi connectivity index (χ4v) is 4.77. The van der Waals surface area contributed by atoms with Gasteiger partial charge in [0, 0.05) is 32.7 Å². The largest absolute Gasteiger partial charge is 0.463 e. The smallest absolute Gasteiger partial charge is 0.254 e. The Kier molecular flexibility index (Phi) is 6.36. The molecule has 0 radical (unpaired) electrons. The number of nitrogens with one attached hydrogen (secondary N) is 2. The molecule has 1 aliphatic heterocycles. The lowest BCUT2D eigenvalue weighted by atomic mass is 9.99. The normalized spacial score (nSPS) is 17.8. The van der Waals surface area contributed by atoms with Crippen LogP contribution in [0.25, 0.3) is 22.5 Å². The van der Waals surface area contributed by atoms with Crippen LogP contribution in [0.4, 0.5) is 4.39 Å². The van der Waals surface area contributed by atoms with Crippen molar-refractivity contribution in [2.75, 3.05) is 13.6 Å². The van der Waals surface area contributed by atoms with E-state index < -0.39 is 0 Å². The van der Waals surface area contributed by atoms with Crippen LogP contribution in [-0.4, -0.2) is 45.2 Å². The Morgan fingerprint density at radius 2 is 2.06 bits per heavy atom. The van der Waals surface area contributed by atoms with Crippen molar-refractivity contribution in [2.45, 2.75) is 38.3 Å². The number of carbonyl (C=O) groups excluding carboxylic acids is 1. The summed E-state index contributed by atoms with van der Waals surface area (Å²) in [6, 6.07) is 12.5. The van der Waals surface area contributed by atoms with Crippen molar-refractivity contribution >= 4 is 16.9 Å². The Morgan fingerprint density at radius 1 is 1.26 bits per heavy atom. The minimum absolute atomic E-state index is 0.0667. The number of aryl methyl sites for hydroxylation is 2. The van der Waals surface area contributed by atoms with Gasteiger partial charge in [0.2, 0.25) is 0 Å². The molecule has 35 heavy (non-hydrogen) atoms. The van der Waals surface area contributed by atoms with E-state index in [0.29, 0.717) is 29.2 Å². The lowest BCUT2D eigenvalue weighted by molar-refractivity contribution is 0.0793. The molecule has 1 aliphatic rings. The first-order chi connectivity index (χ1) is 16.9. The van der Waals surface area contributed by atoms with E-state index in [0.717, 1.165) is 35.9 Å². The van der Waals surface area contributed by atoms with Crippen LogP contribution in [0.1, 0.15) is 46.9 Å². The molecule has 1 aromatic carbocycles. The third kappa shape index (κ3) is 4.69. The minimum atomic E-state index is -0.229. The molecule has 182 valence electrons. The van der Waals surface area contributed by atoms with E-state index in [1.165, 1.54) is 12.1 Å². The zero-order chi connectivity index (χ0) is 24.5. The van der Waals surface area contributed by atoms with E-state index >= 15 is 0 Å². The minimum Gasteiger partial charge on any atom is -0.463 e. The van der Waals surface area contributed by atoms with Gasteiger partial charge in [-0.25, -0.2) is 9.37 Å². The van der Waals surface area contributed by atoms with Gasteiger partial charge in [-0.15, -0.1) is 0 Å². The van der Waals surface area contributed by atoms with Crippen molar-refractivity contribution in [3.05, 3.63) is 71.4 Å². The van der Waals surface area contributed by atoms with Gasteiger partial charge in [0.15, 0.2) is 11.4 Å². The summed E-state index contributed by atoms with van der Waals surface area (Å²) in [5.74, 6) is 0.314. The van der Waals surface area contributed by atoms with Crippen molar-refractivity contribution < 1.29 is 13.6 Å². The molecule has 2 atom stereocenters. The number of furan rings is 1. The molecule has 1 saturated heterocycles. The Bertz CT molecular complexity index is 1330. The van der Waals surface area contributed by atoms with E-state index in [-0.39, 0.29) is 23.8 Å². The zero-order valence-corrected chi connectivity index (χ0v) is 20.1. The SMILES string of the molecule is Cc1nn(C)c2nc(-c3ccco3)cc(C(=O)N(C)CCCC3CC(c4ccc(F)cc4)NN3)c12. The fraction of sp³-hybridized carbons (Fsp3) is 0.346. The summed E-state index contributed by atoms with van der Waals surface area (Å²) in [5.41, 5.74) is 10.3. The van der Waals surface area contributed by atoms with Gasteiger partial charge in [-0.3, -0.25) is 20.3 Å². The van der Waals surface area contributed by atoms with E-state index in [1.807, 2.05) is 39.2 Å². The molecule has 0 spiro atoms. The second-order valence-electron chi connectivity index (χ2n) is 9.13. The van der Waals surface area contributed by atoms with Crippen molar-refractivity contribution in [3.8, 4) is 11.5 Å². The number of pyridine rings is 1. The number of aromatic nitrogens is 3. The quantitative estimate of drug-likeness (QED) is 0.417. The summed E-state index contributed by atoms with van der Waals surface area (Å²) in [6.07, 6.45) is 4.27. The van der Waals surface area contributed by atoms with E-state index in [2.05, 4.69) is 16.0 Å². The van der Waals surface area contributed by atoms with Gasteiger partial charge in [-0.05, 0) is 62.1 Å². The average Bonchev–Trinajstić information content (AvgIpc) is 3.60. The molecule has 4 heterocycles. The molecule has 3 aromatic heterocycles. The third-order valence-corrected chi connectivity index (χ3v) is 6.62. The van der Waals surface area contributed by atoms with Crippen LogP contribution in [-0.2, 0) is 7.05 Å². The van der Waals surface area contributed by atoms with Gasteiger partial charge in [0.1, 0.15) is 11.5 Å². The molecule has 5 rings (SSSR count). The molecular formula is C26H29FN6O2. The molecule has 0 aliphatic carbocycles. The topological polar surface area (TPSA) is 88.2 Å². The number of rotatable bonds is 7. The molecule has 0 bridgehead atoms. The zero-order valence-electron chi connectivity index (χ0n) is 20.1. The van der Waals surface area contributed by atoms with Gasteiger partial charge >= 0.3 is 0 Å². The van der Waals surface area contributed by atoms with Crippen molar-refractivity contribution in [1.29, 1.82) is 0 Å². The van der Waals surface area contributed by atoms with Crippen molar-refractivity contribution in [3.63, 3.8) is 0 Å². The molecule has 1 fully saturated rings. The maximum atomic E-state index is 13.5. The van der Waals surface area contributed by atoms with Crippen molar-refractivity contribution in [2.24, 2.45) is 7.05 Å². The Labute approximate surface area is 203 Å². The number of halogens is 1. The lowest BCUT2D eigenvalue weighted by Crippen LogP contribution is -2.32. The van der Waals surface area contributed by atoms with E-state index in [4.69, 9.17) is 9.40 Å². The Hall–Kier alpha value is -3.56. The fourth-order valence-electron chi connectivity index (χ4n) is 4.77. The predicted octanol–water partition coefficient (Wildman–Crippen LogP) is 4.14. The number of nitrogens with zero attached hydrogens (tertiary/aromatic N) is 4. The Morgan fingerprint density at radius 3 is 2.80 bits per heavy atom. The summed E-state index contributed by atoms with van der Waals surface area (Å²) < 4.78 is 20.4. The number of amides is 1. The number of fused-ring (bicyclic) bond motifs is 1. The van der Waals surface area contributed by atoms with Gasteiger partial charge in [-0.2, -0.15) is 5.10 Å². The van der Waals surface area contributed by atoms with E-state index in [9.17, 15) is 9.18 Å². The van der Waals surface area contributed by atoms with Crippen LogP contribution in [0, 0.1) is 12.7 Å². The summed E-state index contributed by atoms with van der Waals surface area (Å²) in [7, 11) is 3.66. The number of carbonyl (C=O) groups is 1. The van der Waals surface area contributed by atoms with Crippen LogP contribution in [0.15, 0.2) is 53.1 Å². The summed E-state index contributed by atoms with van der Waals surface area (Å²) in [6.45, 7) is 2.51. The molecule has 2 N–H and O–H groups in total. The molecule has 9 heteroatoms. The van der Waals surface area contributed by atoms with Gasteiger partial charge in [0.05, 0.1) is 22.9 Å². The Balaban J connectivity index is 1.25. The standard InChI is InChI=1S/C26H29FN6O2/c1-16-24-20(15-22(23-7-5-13-35-23)28-25(24)33(3)31-16)26(34)32(2)12-4-6-19-14-21(30-29-19)17-8-10-18(27)11-9-17/h5,7-11,13,15,19,21,29-30H,4,6,12,14H2,1-3H3. The van der Waals surface area contributed by atoms with E-state index in [1.54, 1.807) is 28.0 Å². The molecule has 8 nitrogen and oxygen atoms in total. The highest BCUT2D eigenvalue weighted by atomic mass is 19.1. The van der Waals surface area contributed by atoms with Gasteiger partial charge < -0.3 is 9.32 Å². The highest BCUT2D eigenvalue weighted by Crippen LogP contribution is 2.28. The average molecular weight is 477 g/mol. The number of hydrogen-bond acceptors (Lipinski definition) is 6. The van der Waals surface area contributed by atoms with Crippen LogP contribution in [0.2, 0.25) is 0 Å². The third-order valence-electron chi connectivity index (χ3n) is 6.62. The van der Waals surface area contributed by atoms with Crippen LogP contribution in [0.5, 0.6) is 0 Å². The first-order valence-corrected chi connectivity index (χ1v) is 11.8. The van der Waals surface area contributed by atoms with Gasteiger partial charge in [-0.1, -0.05) is 12.1 Å². The van der Waals surface area contributed by atoms with Crippen molar-refractivity contribution in [1.82, 2.24) is 30.5 Å². The summed E-state index contributed by atoms with van der Waals surface area (Å²) in [5, 5.41) is 5.25. The molecular weight excluding hydrogens is 447 g/mol. The highest BCUT2D eigenvalue weighted by molar-refractivity contribution is 6.07. The molecule has 1 amide bonds. The summed E-state index contributed by atoms with van der Waals surface area (Å²) in [4.78, 5) is 20.0. The number of hydrogen-bond donors (Lipinski definition) is 2. The molecule has 2 unspecified atom stereocenters. The maximum absolute atomic E-state index is 13.5. The number of hydrazine groups is 1. The first-order valence-electron chi connectivity index (χ1n) is 11.8. The molecule has 4 aromatic rings. The second kappa shape index (κ2) is 9.59. The van der Waals surface area contributed by atoms with Crippen LogP contribution in [0.3, 0.4) is 0 Å². The maximum Gasteiger partial charge on any atom is 0.254 e. The molecule has 0 saturated carbocycles. The highest BCUT2D eigenvalue weighted by Gasteiger charge is 2.26. The van der Waals surface area contributed by atoms with Gasteiger partial charge in [0.25, 0.3) is 5.91 Å². The predicted molar refractivity (Wildman–Crippen MR) is 131 cm³/mol. The second-order valence-corrected chi connectivity index (χ2v) is 9.13. The van der Waals surface area contributed by atoms with Crippen LogP contribution < -0.4 is 10.9 Å². The monoisotopic (exact) mass is 476 g/mol.